The summed E-state index contributed by atoms with van der Waals surface area (Å²) in [6.45, 7) is 2.08. The van der Waals surface area contributed by atoms with E-state index in [1.54, 1.807) is 30.8 Å². The first kappa shape index (κ1) is 18.1. The molecule has 126 valence electrons. The summed E-state index contributed by atoms with van der Waals surface area (Å²) >= 11 is 1.60. The number of nitrogens with one attached hydrogen (secondary N) is 1. The van der Waals surface area contributed by atoms with Crippen LogP contribution < -0.4 is 5.32 Å². The Labute approximate surface area is 146 Å². The summed E-state index contributed by atoms with van der Waals surface area (Å²) in [5, 5.41) is 2.79. The Morgan fingerprint density at radius 3 is 2.38 bits per heavy atom. The van der Waals surface area contributed by atoms with Gasteiger partial charge in [-0.25, -0.2) is 4.79 Å². The Bertz CT molecular complexity index is 671. The van der Waals surface area contributed by atoms with E-state index >= 15 is 0 Å². The van der Waals surface area contributed by atoms with Crippen molar-refractivity contribution < 1.29 is 14.3 Å². The largest absolute Gasteiger partial charge is 0.449 e. The van der Waals surface area contributed by atoms with E-state index in [9.17, 15) is 9.59 Å². The fraction of sp³-hybridized carbons (Fsp3) is 0.263. The first-order chi connectivity index (χ1) is 11.6. The van der Waals surface area contributed by atoms with Gasteiger partial charge in [0.25, 0.3) is 5.91 Å². The van der Waals surface area contributed by atoms with Crippen molar-refractivity contribution in [3.63, 3.8) is 0 Å². The van der Waals surface area contributed by atoms with Crippen LogP contribution in [0.2, 0.25) is 0 Å². The van der Waals surface area contributed by atoms with Crippen molar-refractivity contribution in [2.24, 2.45) is 0 Å². The molecule has 0 saturated heterocycles. The molecule has 2 aromatic carbocycles. The molecule has 0 spiro atoms. The third-order valence-corrected chi connectivity index (χ3v) is 4.28. The molecule has 0 bridgehead atoms. The molecular formula is C19H21NO3S. The zero-order chi connectivity index (χ0) is 17.4. The number of hydrogen-bond acceptors (Lipinski definition) is 4. The van der Waals surface area contributed by atoms with Gasteiger partial charge in [0.1, 0.15) is 0 Å². The van der Waals surface area contributed by atoms with E-state index < -0.39 is 12.1 Å². The van der Waals surface area contributed by atoms with Crippen LogP contribution in [0.15, 0.2) is 59.5 Å². The van der Waals surface area contributed by atoms with E-state index in [0.717, 1.165) is 16.9 Å². The third kappa shape index (κ3) is 5.42. The molecule has 0 aliphatic heterocycles. The standard InChI is InChI=1S/C19H21NO3S/c1-14(18(21)20-13-12-15-6-4-3-5-7-15)23-19(22)16-8-10-17(24-2)11-9-16/h3-11,14H,12-13H2,1-2H3,(H,20,21)/t14-/m0/s1. The Hall–Kier alpha value is -2.27. The zero-order valence-electron chi connectivity index (χ0n) is 13.8. The van der Waals surface area contributed by atoms with Crippen LogP contribution >= 0.6 is 11.8 Å². The highest BCUT2D eigenvalue weighted by atomic mass is 32.2. The molecule has 5 heteroatoms. The lowest BCUT2D eigenvalue weighted by atomic mass is 10.1. The van der Waals surface area contributed by atoms with Gasteiger partial charge in [-0.2, -0.15) is 0 Å². The van der Waals surface area contributed by atoms with Crippen LogP contribution in [0.1, 0.15) is 22.8 Å². The van der Waals surface area contributed by atoms with E-state index in [-0.39, 0.29) is 5.91 Å². The van der Waals surface area contributed by atoms with E-state index in [1.807, 2.05) is 48.7 Å². The molecule has 0 aliphatic carbocycles. The smallest absolute Gasteiger partial charge is 0.338 e. The van der Waals surface area contributed by atoms with E-state index in [4.69, 9.17) is 4.74 Å². The van der Waals surface area contributed by atoms with Crippen molar-refractivity contribution in [1.82, 2.24) is 5.32 Å². The highest BCUT2D eigenvalue weighted by Crippen LogP contribution is 2.15. The topological polar surface area (TPSA) is 55.4 Å². The molecule has 0 radical (unpaired) electrons. The first-order valence-electron chi connectivity index (χ1n) is 7.77. The van der Waals surface area contributed by atoms with Gasteiger partial charge in [-0.1, -0.05) is 30.3 Å². The molecule has 1 amide bonds. The van der Waals surface area contributed by atoms with Crippen molar-refractivity contribution in [2.75, 3.05) is 12.8 Å². The van der Waals surface area contributed by atoms with Gasteiger partial charge in [0.05, 0.1) is 5.56 Å². The summed E-state index contributed by atoms with van der Waals surface area (Å²) in [6, 6.07) is 17.0. The minimum absolute atomic E-state index is 0.292. The van der Waals surface area contributed by atoms with Gasteiger partial charge >= 0.3 is 5.97 Å². The maximum absolute atomic E-state index is 12.0. The lowest BCUT2D eigenvalue weighted by molar-refractivity contribution is -0.129. The molecule has 0 saturated carbocycles. The van der Waals surface area contributed by atoms with Gasteiger partial charge in [0.2, 0.25) is 0 Å². The average Bonchev–Trinajstić information content (AvgIpc) is 2.62. The van der Waals surface area contributed by atoms with Crippen LogP contribution in [0.3, 0.4) is 0 Å². The number of rotatable bonds is 7. The number of ether oxygens (including phenoxy) is 1. The van der Waals surface area contributed by atoms with Gasteiger partial charge in [-0.3, -0.25) is 4.79 Å². The second-order valence-electron chi connectivity index (χ2n) is 5.30. The minimum atomic E-state index is -0.825. The van der Waals surface area contributed by atoms with Crippen LogP contribution in [0.5, 0.6) is 0 Å². The number of thioether (sulfide) groups is 1. The molecule has 0 aliphatic rings. The van der Waals surface area contributed by atoms with Crippen LogP contribution in [-0.2, 0) is 16.0 Å². The van der Waals surface area contributed by atoms with Gasteiger partial charge in [-0.15, -0.1) is 11.8 Å². The number of amides is 1. The fourth-order valence-corrected chi connectivity index (χ4v) is 2.54. The average molecular weight is 343 g/mol. The minimum Gasteiger partial charge on any atom is -0.449 e. The van der Waals surface area contributed by atoms with Crippen molar-refractivity contribution in [2.45, 2.75) is 24.3 Å². The van der Waals surface area contributed by atoms with E-state index in [2.05, 4.69) is 5.32 Å². The summed E-state index contributed by atoms with van der Waals surface area (Å²) in [6.07, 6.45) is 1.88. The van der Waals surface area contributed by atoms with Gasteiger partial charge in [0, 0.05) is 11.4 Å². The lowest BCUT2D eigenvalue weighted by Crippen LogP contribution is -2.36. The number of hydrogen-bond donors (Lipinski definition) is 1. The molecule has 2 rings (SSSR count). The second kappa shape index (κ2) is 9.13. The summed E-state index contributed by atoms with van der Waals surface area (Å²) in [5.74, 6) is -0.784. The van der Waals surface area contributed by atoms with Gasteiger partial charge in [-0.05, 0) is 49.4 Å². The molecule has 24 heavy (non-hydrogen) atoms. The predicted molar refractivity (Wildman–Crippen MR) is 96.3 cm³/mol. The van der Waals surface area contributed by atoms with Gasteiger partial charge < -0.3 is 10.1 Å². The molecule has 4 nitrogen and oxygen atoms in total. The molecule has 0 heterocycles. The van der Waals surface area contributed by atoms with Crippen LogP contribution in [0, 0.1) is 0 Å². The quantitative estimate of drug-likeness (QED) is 0.619. The van der Waals surface area contributed by atoms with Crippen molar-refractivity contribution in [1.29, 1.82) is 0 Å². The Balaban J connectivity index is 1.78. The molecule has 1 N–H and O–H groups in total. The first-order valence-corrected chi connectivity index (χ1v) is 8.99. The van der Waals surface area contributed by atoms with Gasteiger partial charge in [0.15, 0.2) is 6.10 Å². The lowest BCUT2D eigenvalue weighted by Gasteiger charge is -2.13. The number of benzene rings is 2. The van der Waals surface area contributed by atoms with E-state index in [1.165, 1.54) is 0 Å². The monoisotopic (exact) mass is 343 g/mol. The Morgan fingerprint density at radius 1 is 1.08 bits per heavy atom. The Kier molecular flexibility index (Phi) is 6.88. The van der Waals surface area contributed by atoms with E-state index in [0.29, 0.717) is 12.1 Å². The summed E-state index contributed by atoms with van der Waals surface area (Å²) in [4.78, 5) is 25.1. The molecule has 1 atom stereocenters. The highest BCUT2D eigenvalue weighted by Gasteiger charge is 2.18. The maximum Gasteiger partial charge on any atom is 0.338 e. The normalized spacial score (nSPS) is 11.6. The number of carbonyl (C=O) groups excluding carboxylic acids is 2. The summed E-state index contributed by atoms with van der Waals surface area (Å²) in [7, 11) is 0. The molecule has 2 aromatic rings. The molecular weight excluding hydrogens is 322 g/mol. The SMILES string of the molecule is CSc1ccc(C(=O)O[C@@H](C)C(=O)NCCc2ccccc2)cc1. The number of esters is 1. The van der Waals surface area contributed by atoms with Crippen LogP contribution in [0.4, 0.5) is 0 Å². The second-order valence-corrected chi connectivity index (χ2v) is 6.18. The van der Waals surface area contributed by atoms with Crippen molar-refractivity contribution >= 4 is 23.6 Å². The maximum atomic E-state index is 12.0. The fourth-order valence-electron chi connectivity index (χ4n) is 2.13. The van der Waals surface area contributed by atoms with Crippen molar-refractivity contribution in [3.05, 3.63) is 65.7 Å². The molecule has 0 aromatic heterocycles. The van der Waals surface area contributed by atoms with Crippen molar-refractivity contribution in [3.8, 4) is 0 Å². The molecule has 0 fully saturated rings. The zero-order valence-corrected chi connectivity index (χ0v) is 14.6. The highest BCUT2D eigenvalue weighted by molar-refractivity contribution is 7.98. The van der Waals surface area contributed by atoms with Crippen LogP contribution in [-0.4, -0.2) is 30.8 Å². The summed E-state index contributed by atoms with van der Waals surface area (Å²) in [5.41, 5.74) is 1.59. The van der Waals surface area contributed by atoms with Crippen LogP contribution in [0.25, 0.3) is 0 Å². The molecule has 0 unspecified atom stereocenters. The number of carbonyl (C=O) groups is 2. The summed E-state index contributed by atoms with van der Waals surface area (Å²) < 4.78 is 5.22. The Morgan fingerprint density at radius 2 is 1.75 bits per heavy atom. The third-order valence-electron chi connectivity index (χ3n) is 3.53. The predicted octanol–water partition coefficient (Wildman–Crippen LogP) is 3.31.